The number of carbonyl (C=O) groups excluding carboxylic acids is 2. The van der Waals surface area contributed by atoms with E-state index in [4.69, 9.17) is 9.47 Å². The predicted molar refractivity (Wildman–Crippen MR) is 69.7 cm³/mol. The van der Waals surface area contributed by atoms with Crippen LogP contribution in [0, 0.1) is 0 Å². The van der Waals surface area contributed by atoms with Crippen molar-refractivity contribution >= 4 is 23.7 Å². The van der Waals surface area contributed by atoms with Gasteiger partial charge in [0, 0.05) is 4.90 Å². The van der Waals surface area contributed by atoms with Gasteiger partial charge in [-0.15, -0.1) is 11.8 Å². The minimum absolute atomic E-state index is 0.0309. The lowest BCUT2D eigenvalue weighted by Gasteiger charge is -2.05. The molecule has 1 rings (SSSR count). The molecule has 0 aliphatic carbocycles. The molecule has 0 unspecified atom stereocenters. The van der Waals surface area contributed by atoms with Crippen molar-refractivity contribution in [2.75, 3.05) is 12.9 Å². The van der Waals surface area contributed by atoms with E-state index in [1.165, 1.54) is 0 Å². The summed E-state index contributed by atoms with van der Waals surface area (Å²) in [6.45, 7) is 2.05. The summed E-state index contributed by atoms with van der Waals surface area (Å²) in [5, 5.41) is 0. The van der Waals surface area contributed by atoms with Crippen LogP contribution in [0.25, 0.3) is 0 Å². The molecule has 0 radical (unpaired) electrons. The molecule has 0 aliphatic heterocycles. The van der Waals surface area contributed by atoms with Gasteiger partial charge in [-0.05, 0) is 37.4 Å². The van der Waals surface area contributed by atoms with Crippen molar-refractivity contribution < 1.29 is 19.1 Å². The number of hydrogen-bond donors (Lipinski definition) is 0. The van der Waals surface area contributed by atoms with E-state index >= 15 is 0 Å². The normalized spacial score (nSPS) is 9.89. The molecule has 98 valence electrons. The topological polar surface area (TPSA) is 52.6 Å². The van der Waals surface area contributed by atoms with Gasteiger partial charge >= 0.3 is 11.9 Å². The molecule has 0 amide bonds. The molecule has 0 fully saturated rings. The van der Waals surface area contributed by atoms with E-state index in [2.05, 4.69) is 0 Å². The molecule has 0 atom stereocenters. The van der Waals surface area contributed by atoms with Crippen molar-refractivity contribution in [3.8, 4) is 5.75 Å². The Labute approximate surface area is 111 Å². The predicted octanol–water partition coefficient (Wildman–Crippen LogP) is 2.66. The smallest absolute Gasteiger partial charge is 0.311 e. The highest BCUT2D eigenvalue weighted by molar-refractivity contribution is 7.98. The van der Waals surface area contributed by atoms with Gasteiger partial charge in [0.05, 0.1) is 19.4 Å². The standard InChI is InChI=1S/C13H16O4S/c1-3-16-12(14)8-9-13(15)17-10-4-6-11(18-2)7-5-10/h4-7H,3,8-9H2,1-2H3. The molecule has 1 aromatic carbocycles. The van der Waals surface area contributed by atoms with Crippen molar-refractivity contribution in [1.82, 2.24) is 0 Å². The lowest BCUT2D eigenvalue weighted by Crippen LogP contribution is -2.12. The maximum absolute atomic E-state index is 11.4. The number of hydrogen-bond acceptors (Lipinski definition) is 5. The molecule has 0 aliphatic rings. The van der Waals surface area contributed by atoms with Crippen LogP contribution in [0.5, 0.6) is 5.75 Å². The van der Waals surface area contributed by atoms with Crippen molar-refractivity contribution in [3.05, 3.63) is 24.3 Å². The molecule has 0 saturated carbocycles. The molecule has 0 spiro atoms. The highest BCUT2D eigenvalue weighted by Crippen LogP contribution is 2.19. The minimum atomic E-state index is -0.431. The zero-order valence-electron chi connectivity index (χ0n) is 10.5. The maximum Gasteiger partial charge on any atom is 0.311 e. The van der Waals surface area contributed by atoms with Crippen LogP contribution >= 0.6 is 11.8 Å². The number of carbonyl (C=O) groups is 2. The lowest BCUT2D eigenvalue weighted by atomic mass is 10.3. The first-order valence-corrected chi connectivity index (χ1v) is 6.88. The quantitative estimate of drug-likeness (QED) is 0.451. The third kappa shape index (κ3) is 5.23. The summed E-state index contributed by atoms with van der Waals surface area (Å²) in [5.74, 6) is -0.325. The zero-order chi connectivity index (χ0) is 13.4. The second-order valence-corrected chi connectivity index (χ2v) is 4.33. The van der Waals surface area contributed by atoms with Crippen molar-refractivity contribution in [3.63, 3.8) is 0 Å². The second kappa shape index (κ2) is 7.76. The van der Waals surface area contributed by atoms with Gasteiger partial charge in [-0.3, -0.25) is 9.59 Å². The first kappa shape index (κ1) is 14.6. The Bertz CT molecular complexity index is 400. The van der Waals surface area contributed by atoms with Crippen LogP contribution in [-0.2, 0) is 14.3 Å². The van der Waals surface area contributed by atoms with Crippen LogP contribution in [-0.4, -0.2) is 24.8 Å². The Morgan fingerprint density at radius 2 is 1.72 bits per heavy atom. The van der Waals surface area contributed by atoms with E-state index in [-0.39, 0.29) is 18.8 Å². The van der Waals surface area contributed by atoms with E-state index in [0.29, 0.717) is 12.4 Å². The van der Waals surface area contributed by atoms with E-state index in [1.54, 1.807) is 30.8 Å². The van der Waals surface area contributed by atoms with Crippen LogP contribution in [0.15, 0.2) is 29.2 Å². The van der Waals surface area contributed by atoms with Gasteiger partial charge in [-0.25, -0.2) is 0 Å². The monoisotopic (exact) mass is 268 g/mol. The lowest BCUT2D eigenvalue weighted by molar-refractivity contribution is -0.146. The fourth-order valence-electron chi connectivity index (χ4n) is 1.26. The number of esters is 2. The molecule has 0 heterocycles. The summed E-state index contributed by atoms with van der Waals surface area (Å²) in [5.41, 5.74) is 0. The average Bonchev–Trinajstić information content (AvgIpc) is 2.38. The number of benzene rings is 1. The van der Waals surface area contributed by atoms with Crippen LogP contribution in [0.3, 0.4) is 0 Å². The fourth-order valence-corrected chi connectivity index (χ4v) is 1.67. The van der Waals surface area contributed by atoms with Crippen molar-refractivity contribution in [1.29, 1.82) is 0 Å². The summed E-state index contributed by atoms with van der Waals surface area (Å²) in [4.78, 5) is 23.6. The Morgan fingerprint density at radius 1 is 1.11 bits per heavy atom. The Morgan fingerprint density at radius 3 is 2.28 bits per heavy atom. The minimum Gasteiger partial charge on any atom is -0.466 e. The largest absolute Gasteiger partial charge is 0.466 e. The summed E-state index contributed by atoms with van der Waals surface area (Å²) >= 11 is 1.61. The zero-order valence-corrected chi connectivity index (χ0v) is 11.3. The Hall–Kier alpha value is -1.49. The molecule has 18 heavy (non-hydrogen) atoms. The Balaban J connectivity index is 2.37. The van der Waals surface area contributed by atoms with Gasteiger partial charge in [0.25, 0.3) is 0 Å². The van der Waals surface area contributed by atoms with E-state index < -0.39 is 5.97 Å². The van der Waals surface area contributed by atoms with Gasteiger partial charge in [0.15, 0.2) is 0 Å². The molecule has 0 N–H and O–H groups in total. The van der Waals surface area contributed by atoms with Crippen LogP contribution in [0.1, 0.15) is 19.8 Å². The van der Waals surface area contributed by atoms with E-state index in [9.17, 15) is 9.59 Å². The highest BCUT2D eigenvalue weighted by atomic mass is 32.2. The molecule has 1 aromatic rings. The first-order chi connectivity index (χ1) is 8.65. The summed E-state index contributed by atoms with van der Waals surface area (Å²) < 4.78 is 9.81. The third-order valence-electron chi connectivity index (χ3n) is 2.13. The molecule has 4 nitrogen and oxygen atoms in total. The number of thioether (sulfide) groups is 1. The number of rotatable bonds is 6. The van der Waals surface area contributed by atoms with Gasteiger partial charge in [0.2, 0.25) is 0 Å². The van der Waals surface area contributed by atoms with E-state index in [1.807, 2.05) is 18.4 Å². The molecular formula is C13H16O4S. The second-order valence-electron chi connectivity index (χ2n) is 3.45. The van der Waals surface area contributed by atoms with Crippen molar-refractivity contribution in [2.45, 2.75) is 24.7 Å². The van der Waals surface area contributed by atoms with Crippen molar-refractivity contribution in [2.24, 2.45) is 0 Å². The Kier molecular flexibility index (Phi) is 6.28. The molecule has 0 saturated heterocycles. The average molecular weight is 268 g/mol. The van der Waals surface area contributed by atoms with Gasteiger partial charge in [-0.2, -0.15) is 0 Å². The first-order valence-electron chi connectivity index (χ1n) is 5.66. The van der Waals surface area contributed by atoms with Crippen LogP contribution in [0.2, 0.25) is 0 Å². The highest BCUT2D eigenvalue weighted by Gasteiger charge is 2.09. The van der Waals surface area contributed by atoms with Gasteiger partial charge < -0.3 is 9.47 Å². The molecule has 0 bridgehead atoms. The van der Waals surface area contributed by atoms with Gasteiger partial charge in [-0.1, -0.05) is 0 Å². The number of ether oxygens (including phenoxy) is 2. The third-order valence-corrected chi connectivity index (χ3v) is 2.87. The summed E-state index contributed by atoms with van der Waals surface area (Å²) in [6, 6.07) is 7.21. The summed E-state index contributed by atoms with van der Waals surface area (Å²) in [7, 11) is 0. The SMILES string of the molecule is CCOC(=O)CCC(=O)Oc1ccc(SC)cc1. The van der Waals surface area contributed by atoms with Crippen LogP contribution < -0.4 is 4.74 Å². The van der Waals surface area contributed by atoms with E-state index in [0.717, 1.165) is 4.90 Å². The molecule has 0 aromatic heterocycles. The maximum atomic E-state index is 11.4. The van der Waals surface area contributed by atoms with Crippen LogP contribution in [0.4, 0.5) is 0 Å². The van der Waals surface area contributed by atoms with Gasteiger partial charge in [0.1, 0.15) is 5.75 Å². The molecular weight excluding hydrogens is 252 g/mol. The molecule has 5 heteroatoms. The fraction of sp³-hybridized carbons (Fsp3) is 0.385. The summed E-state index contributed by atoms with van der Waals surface area (Å²) in [6.07, 6.45) is 2.05.